The second kappa shape index (κ2) is 8.81. The summed E-state index contributed by atoms with van der Waals surface area (Å²) in [4.78, 5) is 33.6. The first kappa shape index (κ1) is 20.9. The normalized spacial score (nSPS) is 19.3. The molecule has 10 heteroatoms. The number of nitrogens with zero attached hydrogens (tertiary/aromatic N) is 4. The predicted molar refractivity (Wildman–Crippen MR) is 115 cm³/mol. The standard InChI is InChI=1S/C21H22ClN5O4/c1-26-11-17(28)18(20(29)24-16-9-23-31-12-16)25-19(26)14-5-3-7-27(10-14)21(30)13-4-2-6-15(22)8-13/h2,4,6,8-9,12,14,28H,3,5,7,10-11H2,1H3,(H,24,29). The van der Waals surface area contributed by atoms with Crippen molar-refractivity contribution in [1.29, 1.82) is 0 Å². The van der Waals surface area contributed by atoms with Crippen LogP contribution in [0.25, 0.3) is 0 Å². The molecular weight excluding hydrogens is 422 g/mol. The number of rotatable bonds is 4. The predicted octanol–water partition coefficient (Wildman–Crippen LogP) is 2.93. The Morgan fingerprint density at radius 3 is 2.94 bits per heavy atom. The molecule has 0 bridgehead atoms. The van der Waals surface area contributed by atoms with E-state index in [1.54, 1.807) is 29.2 Å². The van der Waals surface area contributed by atoms with Crippen molar-refractivity contribution in [3.8, 4) is 0 Å². The van der Waals surface area contributed by atoms with Gasteiger partial charge in [-0.05, 0) is 31.0 Å². The zero-order chi connectivity index (χ0) is 22.0. The molecule has 2 amide bonds. The molecule has 2 aliphatic rings. The zero-order valence-corrected chi connectivity index (χ0v) is 17.7. The lowest BCUT2D eigenvalue weighted by molar-refractivity contribution is -0.113. The molecule has 0 radical (unpaired) electrons. The molecule has 3 heterocycles. The SMILES string of the molecule is CN1CC(O)=C(C(=O)Nc2cnoc2)N=C1C1CCCN(C(=O)c2cccc(Cl)c2)C1. The highest BCUT2D eigenvalue weighted by atomic mass is 35.5. The molecule has 1 atom stereocenters. The second-order valence-electron chi connectivity index (χ2n) is 7.59. The Kier molecular flexibility index (Phi) is 5.94. The van der Waals surface area contributed by atoms with Crippen LogP contribution >= 0.6 is 11.6 Å². The minimum atomic E-state index is -0.547. The van der Waals surface area contributed by atoms with Gasteiger partial charge < -0.3 is 24.7 Å². The van der Waals surface area contributed by atoms with Gasteiger partial charge in [0, 0.05) is 36.6 Å². The minimum absolute atomic E-state index is 0.0485. The summed E-state index contributed by atoms with van der Waals surface area (Å²) in [7, 11) is 1.81. The van der Waals surface area contributed by atoms with Crippen molar-refractivity contribution in [3.63, 3.8) is 0 Å². The van der Waals surface area contributed by atoms with Crippen LogP contribution in [-0.4, -0.2) is 64.4 Å². The van der Waals surface area contributed by atoms with E-state index < -0.39 is 5.91 Å². The fraction of sp³-hybridized carbons (Fsp3) is 0.333. The lowest BCUT2D eigenvalue weighted by Gasteiger charge is -2.37. The summed E-state index contributed by atoms with van der Waals surface area (Å²) in [5.41, 5.74) is 0.864. The molecule has 1 aromatic carbocycles. The number of aliphatic hydroxyl groups excluding tert-OH is 1. The van der Waals surface area contributed by atoms with Crippen LogP contribution in [0, 0.1) is 5.92 Å². The van der Waals surface area contributed by atoms with Gasteiger partial charge in [-0.1, -0.05) is 22.8 Å². The van der Waals surface area contributed by atoms with E-state index in [0.717, 1.165) is 12.8 Å². The molecular formula is C21H22ClN5O4. The Hall–Kier alpha value is -3.33. The van der Waals surface area contributed by atoms with Crippen molar-refractivity contribution < 1.29 is 19.2 Å². The van der Waals surface area contributed by atoms with E-state index >= 15 is 0 Å². The zero-order valence-electron chi connectivity index (χ0n) is 16.9. The summed E-state index contributed by atoms with van der Waals surface area (Å²) in [5, 5.41) is 17.0. The van der Waals surface area contributed by atoms with Gasteiger partial charge in [-0.2, -0.15) is 0 Å². The number of carbonyl (C=O) groups is 2. The number of anilines is 1. The number of benzene rings is 1. The number of hydrogen-bond donors (Lipinski definition) is 2. The number of amidine groups is 1. The lowest BCUT2D eigenvalue weighted by Crippen LogP contribution is -2.47. The third-order valence-corrected chi connectivity index (χ3v) is 5.56. The average molecular weight is 444 g/mol. The number of amides is 2. The van der Waals surface area contributed by atoms with E-state index in [4.69, 9.17) is 16.1 Å². The Labute approximate surface area is 184 Å². The number of nitrogens with one attached hydrogen (secondary N) is 1. The fourth-order valence-electron chi connectivity index (χ4n) is 3.86. The molecule has 1 aromatic heterocycles. The summed E-state index contributed by atoms with van der Waals surface area (Å²) in [6.07, 6.45) is 4.27. The van der Waals surface area contributed by atoms with Gasteiger partial charge in [-0.25, -0.2) is 4.99 Å². The largest absolute Gasteiger partial charge is 0.508 e. The maximum Gasteiger partial charge on any atom is 0.278 e. The van der Waals surface area contributed by atoms with Crippen LogP contribution in [0.3, 0.4) is 0 Å². The summed E-state index contributed by atoms with van der Waals surface area (Å²) in [6.45, 7) is 1.26. The first-order chi connectivity index (χ1) is 14.9. The molecule has 2 aliphatic heterocycles. The number of halogens is 1. The number of piperidine rings is 1. The topological polar surface area (TPSA) is 111 Å². The van der Waals surface area contributed by atoms with Crippen LogP contribution in [0.4, 0.5) is 5.69 Å². The van der Waals surface area contributed by atoms with Gasteiger partial charge in [0.15, 0.2) is 5.70 Å². The van der Waals surface area contributed by atoms with Gasteiger partial charge in [0.2, 0.25) is 0 Å². The molecule has 9 nitrogen and oxygen atoms in total. The van der Waals surface area contributed by atoms with Gasteiger partial charge in [-0.15, -0.1) is 0 Å². The first-order valence-electron chi connectivity index (χ1n) is 9.90. The minimum Gasteiger partial charge on any atom is -0.508 e. The van der Waals surface area contributed by atoms with Crippen LogP contribution in [0.2, 0.25) is 5.02 Å². The Balaban J connectivity index is 1.53. The van der Waals surface area contributed by atoms with Crippen molar-refractivity contribution in [2.45, 2.75) is 12.8 Å². The third-order valence-electron chi connectivity index (χ3n) is 5.33. The molecule has 31 heavy (non-hydrogen) atoms. The van der Waals surface area contributed by atoms with E-state index in [1.807, 2.05) is 11.9 Å². The number of aliphatic hydroxyl groups is 1. The monoisotopic (exact) mass is 443 g/mol. The van der Waals surface area contributed by atoms with E-state index in [0.29, 0.717) is 35.2 Å². The summed E-state index contributed by atoms with van der Waals surface area (Å²) in [5.74, 6) is -0.155. The highest BCUT2D eigenvalue weighted by molar-refractivity contribution is 6.31. The van der Waals surface area contributed by atoms with E-state index in [-0.39, 0.29) is 29.8 Å². The fourth-order valence-corrected chi connectivity index (χ4v) is 4.05. The average Bonchev–Trinajstić information content (AvgIpc) is 3.26. The Morgan fingerprint density at radius 1 is 1.35 bits per heavy atom. The summed E-state index contributed by atoms with van der Waals surface area (Å²) < 4.78 is 4.71. The summed E-state index contributed by atoms with van der Waals surface area (Å²) in [6, 6.07) is 6.89. The number of likely N-dealkylation sites (N-methyl/N-ethyl adjacent to an activating group) is 1. The van der Waals surface area contributed by atoms with Crippen molar-refractivity contribution in [2.24, 2.45) is 10.9 Å². The van der Waals surface area contributed by atoms with Gasteiger partial charge in [0.25, 0.3) is 11.8 Å². The van der Waals surface area contributed by atoms with Crippen molar-refractivity contribution >= 4 is 34.9 Å². The highest BCUT2D eigenvalue weighted by Crippen LogP contribution is 2.26. The Morgan fingerprint density at radius 2 is 2.19 bits per heavy atom. The molecule has 0 aliphatic carbocycles. The van der Waals surface area contributed by atoms with E-state index in [1.165, 1.54) is 12.5 Å². The molecule has 2 N–H and O–H groups in total. The Bertz CT molecular complexity index is 1050. The van der Waals surface area contributed by atoms with Crippen molar-refractivity contribution in [3.05, 3.63) is 58.8 Å². The van der Waals surface area contributed by atoms with Crippen LogP contribution in [0.1, 0.15) is 23.2 Å². The molecule has 4 rings (SSSR count). The maximum absolute atomic E-state index is 12.9. The van der Waals surface area contributed by atoms with E-state index in [9.17, 15) is 14.7 Å². The van der Waals surface area contributed by atoms with Crippen molar-refractivity contribution in [1.82, 2.24) is 15.0 Å². The smallest absolute Gasteiger partial charge is 0.278 e. The van der Waals surface area contributed by atoms with Crippen LogP contribution in [-0.2, 0) is 4.79 Å². The van der Waals surface area contributed by atoms with Crippen LogP contribution in [0.5, 0.6) is 0 Å². The molecule has 162 valence electrons. The van der Waals surface area contributed by atoms with Crippen LogP contribution in [0.15, 0.2) is 57.7 Å². The number of hydrogen-bond acceptors (Lipinski definition) is 7. The van der Waals surface area contributed by atoms with Gasteiger partial charge in [0.1, 0.15) is 23.5 Å². The molecule has 0 saturated carbocycles. The molecule has 1 unspecified atom stereocenters. The summed E-state index contributed by atoms with van der Waals surface area (Å²) >= 11 is 6.03. The van der Waals surface area contributed by atoms with Crippen molar-refractivity contribution in [2.75, 3.05) is 32.0 Å². The first-order valence-corrected chi connectivity index (χ1v) is 10.3. The van der Waals surface area contributed by atoms with Gasteiger partial charge in [0.05, 0.1) is 12.7 Å². The van der Waals surface area contributed by atoms with Gasteiger partial charge in [-0.3, -0.25) is 9.59 Å². The second-order valence-corrected chi connectivity index (χ2v) is 8.03. The van der Waals surface area contributed by atoms with Crippen LogP contribution < -0.4 is 5.32 Å². The number of carbonyl (C=O) groups excluding carboxylic acids is 2. The maximum atomic E-state index is 12.9. The van der Waals surface area contributed by atoms with E-state index in [2.05, 4.69) is 15.5 Å². The number of aliphatic imine (C=N–C) groups is 1. The number of likely N-dealkylation sites (tertiary alicyclic amines) is 1. The van der Waals surface area contributed by atoms with Gasteiger partial charge >= 0.3 is 0 Å². The number of aromatic nitrogens is 1. The third kappa shape index (κ3) is 4.56. The highest BCUT2D eigenvalue weighted by Gasteiger charge is 2.33. The molecule has 1 fully saturated rings. The molecule has 2 aromatic rings. The lowest BCUT2D eigenvalue weighted by atomic mass is 9.94. The molecule has 1 saturated heterocycles. The quantitative estimate of drug-likeness (QED) is 0.751. The molecule has 0 spiro atoms.